The zero-order valence-corrected chi connectivity index (χ0v) is 15.5. The number of Topliss-reactive ketones (excluding diaryl/α,β-unsaturated/α-hetero) is 1. The van der Waals surface area contributed by atoms with Crippen molar-refractivity contribution in [3.63, 3.8) is 0 Å². The topological polar surface area (TPSA) is 49.4 Å². The molecule has 2 aromatic rings. The van der Waals surface area contributed by atoms with Gasteiger partial charge in [0.05, 0.1) is 12.6 Å². The van der Waals surface area contributed by atoms with Gasteiger partial charge in [0.2, 0.25) is 5.91 Å². The fraction of sp³-hybridized carbons (Fsp3) is 0.364. The van der Waals surface area contributed by atoms with Gasteiger partial charge in [-0.05, 0) is 44.4 Å². The van der Waals surface area contributed by atoms with Crippen LogP contribution in [0.15, 0.2) is 48.5 Å². The quantitative estimate of drug-likeness (QED) is 0.814. The van der Waals surface area contributed by atoms with Gasteiger partial charge in [0.15, 0.2) is 5.78 Å². The van der Waals surface area contributed by atoms with Crippen molar-refractivity contribution in [1.82, 2.24) is 10.2 Å². The molecule has 1 heterocycles. The molecule has 0 aromatic heterocycles. The number of benzene rings is 2. The van der Waals surface area contributed by atoms with E-state index in [4.69, 9.17) is 0 Å². The maximum atomic E-state index is 12.7. The van der Waals surface area contributed by atoms with Gasteiger partial charge < -0.3 is 5.32 Å². The highest BCUT2D eigenvalue weighted by molar-refractivity contribution is 5.99. The molecule has 0 aliphatic carbocycles. The largest absolute Gasteiger partial charge is 0.351 e. The van der Waals surface area contributed by atoms with Crippen molar-refractivity contribution in [2.24, 2.45) is 0 Å². The molecule has 1 saturated heterocycles. The van der Waals surface area contributed by atoms with E-state index in [9.17, 15) is 9.59 Å². The van der Waals surface area contributed by atoms with Gasteiger partial charge in [-0.2, -0.15) is 0 Å². The highest BCUT2D eigenvalue weighted by atomic mass is 16.2. The molecule has 1 amide bonds. The molecular weight excluding hydrogens is 324 g/mol. The summed E-state index contributed by atoms with van der Waals surface area (Å²) in [6.45, 7) is 5.60. The molecule has 2 aromatic carbocycles. The molecule has 1 N–H and O–H groups in total. The Kier molecular flexibility index (Phi) is 5.84. The first-order chi connectivity index (χ1) is 12.5. The molecular formula is C22H26N2O2. The summed E-state index contributed by atoms with van der Waals surface area (Å²) in [4.78, 5) is 27.3. The molecule has 0 unspecified atom stereocenters. The first-order valence-corrected chi connectivity index (χ1v) is 9.21. The zero-order valence-electron chi connectivity index (χ0n) is 15.5. The number of carbonyl (C=O) groups is 2. The molecule has 0 radical (unpaired) electrons. The SMILES string of the molecule is Cc1ccc(C(=O)CN2CCC[C@H]2C(=O)NCc2ccccc2)c(C)c1. The smallest absolute Gasteiger partial charge is 0.237 e. The van der Waals surface area contributed by atoms with Crippen molar-refractivity contribution < 1.29 is 9.59 Å². The van der Waals surface area contributed by atoms with Gasteiger partial charge >= 0.3 is 0 Å². The number of amides is 1. The van der Waals surface area contributed by atoms with Crippen molar-refractivity contribution in [3.05, 3.63) is 70.8 Å². The summed E-state index contributed by atoms with van der Waals surface area (Å²) in [5, 5.41) is 3.01. The number of likely N-dealkylation sites (tertiary alicyclic amines) is 1. The van der Waals surface area contributed by atoms with Crippen LogP contribution in [0.5, 0.6) is 0 Å². The fourth-order valence-corrected chi connectivity index (χ4v) is 3.61. The monoisotopic (exact) mass is 350 g/mol. The van der Waals surface area contributed by atoms with E-state index >= 15 is 0 Å². The molecule has 0 bridgehead atoms. The van der Waals surface area contributed by atoms with Crippen molar-refractivity contribution in [2.45, 2.75) is 39.3 Å². The highest BCUT2D eigenvalue weighted by Crippen LogP contribution is 2.19. The molecule has 3 rings (SSSR count). The van der Waals surface area contributed by atoms with Gasteiger partial charge in [0.1, 0.15) is 0 Å². The number of nitrogens with one attached hydrogen (secondary N) is 1. The number of rotatable bonds is 6. The minimum atomic E-state index is -0.214. The minimum absolute atomic E-state index is 0.0137. The van der Waals surface area contributed by atoms with Gasteiger partial charge in [-0.25, -0.2) is 0 Å². The normalized spacial score (nSPS) is 17.2. The molecule has 0 spiro atoms. The van der Waals surface area contributed by atoms with E-state index in [1.807, 2.05) is 67.3 Å². The molecule has 0 saturated carbocycles. The Hall–Kier alpha value is -2.46. The number of ketones is 1. The second kappa shape index (κ2) is 8.28. The van der Waals surface area contributed by atoms with Gasteiger partial charge in [-0.3, -0.25) is 14.5 Å². The Morgan fingerprint density at radius 2 is 1.88 bits per heavy atom. The van der Waals surface area contributed by atoms with Crippen LogP contribution < -0.4 is 5.32 Å². The van der Waals surface area contributed by atoms with Crippen molar-refractivity contribution in [1.29, 1.82) is 0 Å². The van der Waals surface area contributed by atoms with E-state index in [1.165, 1.54) is 0 Å². The average Bonchev–Trinajstić information content (AvgIpc) is 3.08. The summed E-state index contributed by atoms with van der Waals surface area (Å²) in [7, 11) is 0. The number of aryl methyl sites for hydroxylation is 2. The van der Waals surface area contributed by atoms with Crippen LogP contribution >= 0.6 is 0 Å². The van der Waals surface area contributed by atoms with E-state index in [-0.39, 0.29) is 17.7 Å². The lowest BCUT2D eigenvalue weighted by Gasteiger charge is -2.23. The van der Waals surface area contributed by atoms with Gasteiger partial charge in [0, 0.05) is 12.1 Å². The number of carbonyl (C=O) groups excluding carboxylic acids is 2. The third-order valence-corrected chi connectivity index (χ3v) is 5.00. The highest BCUT2D eigenvalue weighted by Gasteiger charge is 2.32. The second-order valence-corrected chi connectivity index (χ2v) is 7.07. The summed E-state index contributed by atoms with van der Waals surface area (Å²) in [6, 6.07) is 15.6. The summed E-state index contributed by atoms with van der Waals surface area (Å²) < 4.78 is 0. The van der Waals surface area contributed by atoms with Gasteiger partial charge in [-0.1, -0.05) is 54.1 Å². The van der Waals surface area contributed by atoms with Gasteiger partial charge in [-0.15, -0.1) is 0 Å². The summed E-state index contributed by atoms with van der Waals surface area (Å²) in [6.07, 6.45) is 1.75. The average molecular weight is 350 g/mol. The Bertz CT molecular complexity index is 786. The molecule has 26 heavy (non-hydrogen) atoms. The van der Waals surface area contributed by atoms with E-state index in [0.717, 1.165) is 41.6 Å². The number of nitrogens with zero attached hydrogens (tertiary/aromatic N) is 1. The Labute approximate surface area is 155 Å². The van der Waals surface area contributed by atoms with Crippen molar-refractivity contribution in [3.8, 4) is 0 Å². The van der Waals surface area contributed by atoms with Gasteiger partial charge in [0.25, 0.3) is 0 Å². The third kappa shape index (κ3) is 4.38. The predicted molar refractivity (Wildman–Crippen MR) is 103 cm³/mol. The van der Waals surface area contributed by atoms with E-state index in [1.54, 1.807) is 0 Å². The lowest BCUT2D eigenvalue weighted by molar-refractivity contribution is -0.125. The molecule has 1 atom stereocenters. The standard InChI is InChI=1S/C22H26N2O2/c1-16-10-11-19(17(2)13-16)21(25)15-24-12-6-9-20(24)22(26)23-14-18-7-4-3-5-8-18/h3-5,7-8,10-11,13,20H,6,9,12,14-15H2,1-2H3,(H,23,26)/t20-/m0/s1. The van der Waals surface area contributed by atoms with Crippen molar-refractivity contribution >= 4 is 11.7 Å². The predicted octanol–water partition coefficient (Wildman–Crippen LogP) is 3.27. The molecule has 4 nitrogen and oxygen atoms in total. The van der Waals surface area contributed by atoms with Crippen LogP contribution in [0.3, 0.4) is 0 Å². The molecule has 136 valence electrons. The lowest BCUT2D eigenvalue weighted by Crippen LogP contribution is -2.44. The van der Waals surface area contributed by atoms with Crippen LogP contribution in [0.25, 0.3) is 0 Å². The maximum absolute atomic E-state index is 12.7. The second-order valence-electron chi connectivity index (χ2n) is 7.07. The number of hydrogen-bond acceptors (Lipinski definition) is 3. The van der Waals surface area contributed by atoms with E-state index < -0.39 is 0 Å². The van der Waals surface area contributed by atoms with Crippen LogP contribution in [0.2, 0.25) is 0 Å². The first kappa shape index (κ1) is 18.3. The summed E-state index contributed by atoms with van der Waals surface area (Å²) in [5.41, 5.74) is 3.99. The summed E-state index contributed by atoms with van der Waals surface area (Å²) in [5.74, 6) is 0.102. The summed E-state index contributed by atoms with van der Waals surface area (Å²) >= 11 is 0. The van der Waals surface area contributed by atoms with Crippen LogP contribution in [-0.4, -0.2) is 35.7 Å². The first-order valence-electron chi connectivity index (χ1n) is 9.21. The molecule has 1 aliphatic rings. The molecule has 1 aliphatic heterocycles. The van der Waals surface area contributed by atoms with E-state index in [2.05, 4.69) is 5.32 Å². The van der Waals surface area contributed by atoms with Crippen LogP contribution in [-0.2, 0) is 11.3 Å². The van der Waals surface area contributed by atoms with Crippen LogP contribution in [0.4, 0.5) is 0 Å². The minimum Gasteiger partial charge on any atom is -0.351 e. The molecule has 1 fully saturated rings. The Morgan fingerprint density at radius 3 is 2.62 bits per heavy atom. The van der Waals surface area contributed by atoms with Crippen LogP contribution in [0.1, 0.15) is 39.9 Å². The lowest BCUT2D eigenvalue weighted by atomic mass is 10.0. The fourth-order valence-electron chi connectivity index (χ4n) is 3.61. The van der Waals surface area contributed by atoms with E-state index in [0.29, 0.717) is 13.1 Å². The maximum Gasteiger partial charge on any atom is 0.237 e. The molecule has 4 heteroatoms. The Morgan fingerprint density at radius 1 is 1.12 bits per heavy atom. The Balaban J connectivity index is 1.60. The van der Waals surface area contributed by atoms with Crippen LogP contribution in [0, 0.1) is 13.8 Å². The number of hydrogen-bond donors (Lipinski definition) is 1. The third-order valence-electron chi connectivity index (χ3n) is 5.00. The zero-order chi connectivity index (χ0) is 18.5. The van der Waals surface area contributed by atoms with Crippen molar-refractivity contribution in [2.75, 3.05) is 13.1 Å².